The van der Waals surface area contributed by atoms with E-state index in [0.29, 0.717) is 13.2 Å². The Morgan fingerprint density at radius 1 is 1.62 bits per heavy atom. The van der Waals surface area contributed by atoms with Crippen LogP contribution in [0.4, 0.5) is 0 Å². The van der Waals surface area contributed by atoms with Crippen molar-refractivity contribution in [2.45, 2.75) is 12.1 Å². The molecule has 1 aliphatic rings. The first-order chi connectivity index (χ1) is 6.16. The monoisotopic (exact) mass is 189 g/mol. The van der Waals surface area contributed by atoms with Crippen LogP contribution < -0.4 is 5.32 Å². The van der Waals surface area contributed by atoms with Gasteiger partial charge in [0.1, 0.15) is 6.04 Å². The summed E-state index contributed by atoms with van der Waals surface area (Å²) in [6.07, 6.45) is -1.05. The van der Waals surface area contributed by atoms with E-state index in [4.69, 9.17) is 9.84 Å². The maximum Gasteiger partial charge on any atom is 0.337 e. The molecule has 1 rings (SSSR count). The summed E-state index contributed by atoms with van der Waals surface area (Å²) in [5.74, 6) is -1.78. The zero-order valence-electron chi connectivity index (χ0n) is 7.15. The summed E-state index contributed by atoms with van der Waals surface area (Å²) >= 11 is 0. The number of ether oxygens (including phenoxy) is 2. The summed E-state index contributed by atoms with van der Waals surface area (Å²) in [7, 11) is 1.19. The van der Waals surface area contributed by atoms with Gasteiger partial charge in [0.2, 0.25) is 0 Å². The zero-order valence-corrected chi connectivity index (χ0v) is 7.15. The normalized spacial score (nSPS) is 28.1. The maximum atomic E-state index is 11.0. The SMILES string of the molecule is COC(=O)C1OCCNC1C(=O)O. The zero-order chi connectivity index (χ0) is 9.84. The van der Waals surface area contributed by atoms with Crippen LogP contribution in [0.3, 0.4) is 0 Å². The lowest BCUT2D eigenvalue weighted by atomic mass is 10.1. The van der Waals surface area contributed by atoms with E-state index in [-0.39, 0.29) is 0 Å². The minimum absolute atomic E-state index is 0.309. The molecule has 0 saturated carbocycles. The summed E-state index contributed by atoms with van der Waals surface area (Å²) in [6.45, 7) is 0.730. The molecule has 0 amide bonds. The Bertz CT molecular complexity index is 217. The Morgan fingerprint density at radius 2 is 2.31 bits per heavy atom. The Balaban J connectivity index is 2.67. The molecule has 0 radical (unpaired) electrons. The molecular formula is C7H11NO5. The highest BCUT2D eigenvalue weighted by atomic mass is 16.6. The van der Waals surface area contributed by atoms with Crippen molar-refractivity contribution in [1.82, 2.24) is 5.32 Å². The fourth-order valence-electron chi connectivity index (χ4n) is 1.14. The fourth-order valence-corrected chi connectivity index (χ4v) is 1.14. The number of rotatable bonds is 2. The molecule has 2 N–H and O–H groups in total. The van der Waals surface area contributed by atoms with Gasteiger partial charge in [0.05, 0.1) is 13.7 Å². The summed E-state index contributed by atoms with van der Waals surface area (Å²) < 4.78 is 9.39. The second-order valence-corrected chi connectivity index (χ2v) is 2.58. The summed E-state index contributed by atoms with van der Waals surface area (Å²) in [5, 5.41) is 11.4. The van der Waals surface area contributed by atoms with Crippen LogP contribution in [-0.2, 0) is 19.1 Å². The maximum absolute atomic E-state index is 11.0. The van der Waals surface area contributed by atoms with Gasteiger partial charge in [0.15, 0.2) is 6.10 Å². The number of esters is 1. The molecule has 1 heterocycles. The van der Waals surface area contributed by atoms with Crippen molar-refractivity contribution < 1.29 is 24.2 Å². The van der Waals surface area contributed by atoms with Gasteiger partial charge in [0.25, 0.3) is 0 Å². The van der Waals surface area contributed by atoms with Gasteiger partial charge < -0.3 is 14.6 Å². The third-order valence-corrected chi connectivity index (χ3v) is 1.77. The minimum Gasteiger partial charge on any atom is -0.480 e. The highest BCUT2D eigenvalue weighted by molar-refractivity contribution is 5.85. The van der Waals surface area contributed by atoms with Crippen LogP contribution in [0.15, 0.2) is 0 Å². The number of aliphatic carboxylic acids is 1. The number of hydrogen-bond donors (Lipinski definition) is 2. The molecule has 2 atom stereocenters. The van der Waals surface area contributed by atoms with Crippen molar-refractivity contribution in [3.8, 4) is 0 Å². The Hall–Kier alpha value is -1.14. The van der Waals surface area contributed by atoms with E-state index in [1.54, 1.807) is 0 Å². The third kappa shape index (κ3) is 2.16. The Labute approximate surface area is 74.8 Å². The van der Waals surface area contributed by atoms with Crippen LogP contribution in [0.25, 0.3) is 0 Å². The van der Waals surface area contributed by atoms with E-state index in [9.17, 15) is 9.59 Å². The molecule has 13 heavy (non-hydrogen) atoms. The van der Waals surface area contributed by atoms with Gasteiger partial charge in [-0.15, -0.1) is 0 Å². The molecule has 6 nitrogen and oxygen atoms in total. The van der Waals surface area contributed by atoms with Gasteiger partial charge >= 0.3 is 11.9 Å². The lowest BCUT2D eigenvalue weighted by molar-refractivity contribution is -0.166. The van der Waals surface area contributed by atoms with E-state index in [1.807, 2.05) is 0 Å². The molecule has 2 unspecified atom stereocenters. The van der Waals surface area contributed by atoms with Crippen molar-refractivity contribution in [2.24, 2.45) is 0 Å². The second-order valence-electron chi connectivity index (χ2n) is 2.58. The number of methoxy groups -OCH3 is 1. The Kier molecular flexibility index (Phi) is 3.21. The van der Waals surface area contributed by atoms with Crippen molar-refractivity contribution in [1.29, 1.82) is 0 Å². The van der Waals surface area contributed by atoms with Crippen LogP contribution >= 0.6 is 0 Å². The highest BCUT2D eigenvalue weighted by Crippen LogP contribution is 2.06. The number of carbonyl (C=O) groups excluding carboxylic acids is 1. The molecule has 0 aromatic rings. The van der Waals surface area contributed by atoms with E-state index in [0.717, 1.165) is 0 Å². The molecule has 0 aromatic heterocycles. The number of hydrogen-bond acceptors (Lipinski definition) is 5. The van der Waals surface area contributed by atoms with Gasteiger partial charge in [-0.25, -0.2) is 4.79 Å². The van der Waals surface area contributed by atoms with E-state index < -0.39 is 24.1 Å². The standard InChI is InChI=1S/C7H11NO5/c1-12-7(11)5-4(6(9)10)8-2-3-13-5/h4-5,8H,2-3H2,1H3,(H,9,10). The van der Waals surface area contributed by atoms with Crippen LogP contribution in [0.5, 0.6) is 0 Å². The van der Waals surface area contributed by atoms with Crippen LogP contribution in [0.1, 0.15) is 0 Å². The van der Waals surface area contributed by atoms with Crippen LogP contribution in [0, 0.1) is 0 Å². The lowest BCUT2D eigenvalue weighted by Gasteiger charge is -2.27. The van der Waals surface area contributed by atoms with Crippen LogP contribution in [-0.4, -0.2) is 49.5 Å². The third-order valence-electron chi connectivity index (χ3n) is 1.77. The predicted molar refractivity (Wildman–Crippen MR) is 41.2 cm³/mol. The molecule has 1 fully saturated rings. The number of carboxylic acids is 1. The van der Waals surface area contributed by atoms with Gasteiger partial charge in [-0.2, -0.15) is 0 Å². The number of nitrogens with one attached hydrogen (secondary N) is 1. The molecule has 0 spiro atoms. The molecule has 6 heteroatoms. The summed E-state index contributed by atoms with van der Waals surface area (Å²) in [4.78, 5) is 21.7. The number of carbonyl (C=O) groups is 2. The molecule has 0 aliphatic carbocycles. The van der Waals surface area contributed by atoms with Crippen molar-refractivity contribution in [3.05, 3.63) is 0 Å². The van der Waals surface area contributed by atoms with Crippen LogP contribution in [0.2, 0.25) is 0 Å². The second kappa shape index (κ2) is 4.20. The van der Waals surface area contributed by atoms with E-state index in [1.165, 1.54) is 7.11 Å². The van der Waals surface area contributed by atoms with Gasteiger partial charge in [0, 0.05) is 6.54 Å². The van der Waals surface area contributed by atoms with E-state index >= 15 is 0 Å². The number of morpholine rings is 1. The van der Waals surface area contributed by atoms with Crippen molar-refractivity contribution in [2.75, 3.05) is 20.3 Å². The molecule has 1 saturated heterocycles. The first-order valence-electron chi connectivity index (χ1n) is 3.82. The van der Waals surface area contributed by atoms with Gasteiger partial charge in [-0.05, 0) is 0 Å². The average Bonchev–Trinajstić information content (AvgIpc) is 2.16. The fraction of sp³-hybridized carbons (Fsp3) is 0.714. The highest BCUT2D eigenvalue weighted by Gasteiger charge is 2.37. The first kappa shape index (κ1) is 9.94. The first-order valence-corrected chi connectivity index (χ1v) is 3.82. The van der Waals surface area contributed by atoms with Crippen molar-refractivity contribution in [3.63, 3.8) is 0 Å². The lowest BCUT2D eigenvalue weighted by Crippen LogP contribution is -2.56. The molecule has 0 aromatic carbocycles. The van der Waals surface area contributed by atoms with Crippen molar-refractivity contribution >= 4 is 11.9 Å². The quantitative estimate of drug-likeness (QED) is 0.520. The van der Waals surface area contributed by atoms with Gasteiger partial charge in [-0.1, -0.05) is 0 Å². The smallest absolute Gasteiger partial charge is 0.337 e. The molecule has 1 aliphatic heterocycles. The van der Waals surface area contributed by atoms with E-state index in [2.05, 4.69) is 10.1 Å². The summed E-state index contributed by atoms with van der Waals surface area (Å²) in [5.41, 5.74) is 0. The Morgan fingerprint density at radius 3 is 2.85 bits per heavy atom. The van der Waals surface area contributed by atoms with Gasteiger partial charge in [-0.3, -0.25) is 10.1 Å². The predicted octanol–water partition coefficient (Wildman–Crippen LogP) is -1.40. The largest absolute Gasteiger partial charge is 0.480 e. The number of carboxylic acid groups (broad SMARTS) is 1. The molecular weight excluding hydrogens is 178 g/mol. The minimum atomic E-state index is -1.12. The molecule has 0 bridgehead atoms. The molecule has 74 valence electrons. The average molecular weight is 189 g/mol. The summed E-state index contributed by atoms with van der Waals surface area (Å²) in [6, 6.07) is -1.01. The topological polar surface area (TPSA) is 84.9 Å².